The molecule has 1 aromatic heterocycles. The van der Waals surface area contributed by atoms with E-state index in [0.717, 1.165) is 5.56 Å². The van der Waals surface area contributed by atoms with Gasteiger partial charge in [-0.2, -0.15) is 0 Å². The Morgan fingerprint density at radius 2 is 1.54 bits per heavy atom. The van der Waals surface area contributed by atoms with Gasteiger partial charge in [0.2, 0.25) is 0 Å². The molecule has 0 aliphatic heterocycles. The summed E-state index contributed by atoms with van der Waals surface area (Å²) in [6.45, 7) is 5.45. The Kier molecular flexibility index (Phi) is 4.28. The summed E-state index contributed by atoms with van der Waals surface area (Å²) in [5.41, 5.74) is 2.92. The van der Waals surface area contributed by atoms with Gasteiger partial charge in [-0.25, -0.2) is 8.42 Å². The lowest BCUT2D eigenvalue weighted by Crippen LogP contribution is -2.16. The minimum absolute atomic E-state index is 0.293. The Hall–Kier alpha value is -2.40. The van der Waals surface area contributed by atoms with E-state index in [1.165, 1.54) is 0 Å². The van der Waals surface area contributed by atoms with Gasteiger partial charge in [0.15, 0.2) is 9.84 Å². The van der Waals surface area contributed by atoms with E-state index < -0.39 is 15.1 Å². The molecule has 2 aromatic carbocycles. The maximum absolute atomic E-state index is 13.4. The number of aryl methyl sites for hydroxylation is 3. The summed E-state index contributed by atoms with van der Waals surface area (Å²) in [4.78, 5) is 0.293. The third-order valence-electron chi connectivity index (χ3n) is 4.11. The number of benzene rings is 2. The average molecular weight is 341 g/mol. The number of sulfone groups is 1. The third kappa shape index (κ3) is 2.87. The maximum atomic E-state index is 13.4. The van der Waals surface area contributed by atoms with Crippen LogP contribution < -0.4 is 0 Å². The summed E-state index contributed by atoms with van der Waals surface area (Å²) in [5.74, 6) is 0.525. The quantitative estimate of drug-likeness (QED) is 0.715. The minimum Gasteiger partial charge on any atom is -0.361 e. The Morgan fingerprint density at radius 3 is 2.08 bits per heavy atom. The first-order valence-electron chi connectivity index (χ1n) is 7.69. The van der Waals surface area contributed by atoms with Gasteiger partial charge in [0.05, 0.1) is 10.6 Å². The molecule has 0 N–H and O–H groups in total. The first-order valence-corrected chi connectivity index (χ1v) is 9.24. The van der Waals surface area contributed by atoms with Crippen molar-refractivity contribution in [2.45, 2.75) is 30.9 Å². The highest BCUT2D eigenvalue weighted by atomic mass is 32.2. The standard InChI is InChI=1S/C19H19NO3S/c1-13-9-11-17(12-10-13)24(21,22)19(16-7-5-4-6-8-16)18-14(2)20-23-15(18)3/h4-12,19H,1-3H3/t19-/m0/s1. The van der Waals surface area contributed by atoms with Gasteiger partial charge in [0.25, 0.3) is 0 Å². The smallest absolute Gasteiger partial charge is 0.189 e. The molecule has 0 saturated heterocycles. The molecule has 4 nitrogen and oxygen atoms in total. The molecule has 0 saturated carbocycles. The lowest BCUT2D eigenvalue weighted by Gasteiger charge is -2.18. The second-order valence-corrected chi connectivity index (χ2v) is 7.92. The lowest BCUT2D eigenvalue weighted by atomic mass is 10.0. The predicted octanol–water partition coefficient (Wildman–Crippen LogP) is 4.16. The largest absolute Gasteiger partial charge is 0.361 e. The Labute approximate surface area is 142 Å². The molecular weight excluding hydrogens is 322 g/mol. The van der Waals surface area contributed by atoms with Gasteiger partial charge in [-0.05, 0) is 38.5 Å². The highest BCUT2D eigenvalue weighted by Crippen LogP contribution is 2.38. The number of nitrogens with zero attached hydrogens (tertiary/aromatic N) is 1. The fourth-order valence-corrected chi connectivity index (χ4v) is 4.81. The highest BCUT2D eigenvalue weighted by molar-refractivity contribution is 7.92. The van der Waals surface area contributed by atoms with Crippen molar-refractivity contribution in [3.8, 4) is 0 Å². The molecule has 0 unspecified atom stereocenters. The van der Waals surface area contributed by atoms with Crippen molar-refractivity contribution in [3.63, 3.8) is 0 Å². The monoisotopic (exact) mass is 341 g/mol. The molecule has 0 fully saturated rings. The third-order valence-corrected chi connectivity index (χ3v) is 6.17. The van der Waals surface area contributed by atoms with Crippen molar-refractivity contribution in [1.82, 2.24) is 5.16 Å². The summed E-state index contributed by atoms with van der Waals surface area (Å²) in [5, 5.41) is 3.10. The van der Waals surface area contributed by atoms with Crippen LogP contribution >= 0.6 is 0 Å². The molecule has 0 amide bonds. The molecule has 1 atom stereocenters. The second-order valence-electron chi connectivity index (χ2n) is 5.89. The van der Waals surface area contributed by atoms with Crippen LogP contribution in [0.2, 0.25) is 0 Å². The zero-order chi connectivity index (χ0) is 17.3. The maximum Gasteiger partial charge on any atom is 0.189 e. The van der Waals surface area contributed by atoms with E-state index in [1.54, 1.807) is 26.0 Å². The van der Waals surface area contributed by atoms with Crippen molar-refractivity contribution in [3.05, 3.63) is 82.7 Å². The highest BCUT2D eigenvalue weighted by Gasteiger charge is 2.35. The van der Waals surface area contributed by atoms with Crippen LogP contribution in [0.4, 0.5) is 0 Å². The molecule has 3 rings (SSSR count). The molecule has 124 valence electrons. The van der Waals surface area contributed by atoms with Gasteiger partial charge in [-0.1, -0.05) is 53.2 Å². The van der Waals surface area contributed by atoms with E-state index in [0.29, 0.717) is 27.5 Å². The van der Waals surface area contributed by atoms with Crippen LogP contribution in [0.15, 0.2) is 64.0 Å². The van der Waals surface area contributed by atoms with Gasteiger partial charge >= 0.3 is 0 Å². The van der Waals surface area contributed by atoms with Crippen LogP contribution in [0, 0.1) is 20.8 Å². The van der Waals surface area contributed by atoms with Crippen LogP contribution in [0.5, 0.6) is 0 Å². The molecule has 24 heavy (non-hydrogen) atoms. The Bertz CT molecular complexity index is 923. The van der Waals surface area contributed by atoms with Crippen molar-refractivity contribution < 1.29 is 12.9 Å². The van der Waals surface area contributed by atoms with Gasteiger partial charge in [0.1, 0.15) is 11.0 Å². The zero-order valence-corrected chi connectivity index (χ0v) is 14.7. The molecule has 1 heterocycles. The molecule has 0 aliphatic carbocycles. The summed E-state index contributed by atoms with van der Waals surface area (Å²) in [7, 11) is -3.64. The molecule has 0 radical (unpaired) electrons. The number of hydrogen-bond donors (Lipinski definition) is 0. The zero-order valence-electron chi connectivity index (χ0n) is 13.9. The summed E-state index contributed by atoms with van der Waals surface area (Å²) in [6, 6.07) is 16.1. The van der Waals surface area contributed by atoms with E-state index in [4.69, 9.17) is 4.52 Å². The van der Waals surface area contributed by atoms with Crippen molar-refractivity contribution >= 4 is 9.84 Å². The SMILES string of the molecule is Cc1ccc(S(=O)(=O)[C@@H](c2ccccc2)c2c(C)noc2C)cc1. The number of rotatable bonds is 4. The van der Waals surface area contributed by atoms with Crippen molar-refractivity contribution in [2.75, 3.05) is 0 Å². The van der Waals surface area contributed by atoms with Crippen LogP contribution in [0.25, 0.3) is 0 Å². The van der Waals surface area contributed by atoms with Crippen LogP contribution in [0.1, 0.15) is 33.4 Å². The van der Waals surface area contributed by atoms with E-state index >= 15 is 0 Å². The summed E-state index contributed by atoms with van der Waals surface area (Å²) < 4.78 is 32.0. The summed E-state index contributed by atoms with van der Waals surface area (Å²) in [6.07, 6.45) is 0. The van der Waals surface area contributed by atoms with E-state index in [1.807, 2.05) is 49.4 Å². The van der Waals surface area contributed by atoms with Gasteiger partial charge in [-0.3, -0.25) is 0 Å². The van der Waals surface area contributed by atoms with Crippen molar-refractivity contribution in [2.24, 2.45) is 0 Å². The molecule has 5 heteroatoms. The molecular formula is C19H19NO3S. The van der Waals surface area contributed by atoms with E-state index in [9.17, 15) is 8.42 Å². The fourth-order valence-electron chi connectivity index (χ4n) is 2.86. The first-order chi connectivity index (χ1) is 11.4. The summed E-state index contributed by atoms with van der Waals surface area (Å²) >= 11 is 0. The van der Waals surface area contributed by atoms with Gasteiger partial charge in [-0.15, -0.1) is 0 Å². The minimum atomic E-state index is -3.64. The molecule has 0 bridgehead atoms. The Balaban J connectivity index is 2.24. The second kappa shape index (κ2) is 6.24. The molecule has 0 aliphatic rings. The lowest BCUT2D eigenvalue weighted by molar-refractivity contribution is 0.392. The normalized spacial score (nSPS) is 13.0. The van der Waals surface area contributed by atoms with E-state index in [-0.39, 0.29) is 0 Å². The molecule has 3 aromatic rings. The number of aromatic nitrogens is 1. The van der Waals surface area contributed by atoms with Crippen LogP contribution in [-0.2, 0) is 9.84 Å². The van der Waals surface area contributed by atoms with E-state index in [2.05, 4.69) is 5.16 Å². The average Bonchev–Trinajstić information content (AvgIpc) is 2.89. The fraction of sp³-hybridized carbons (Fsp3) is 0.211. The van der Waals surface area contributed by atoms with Crippen LogP contribution in [-0.4, -0.2) is 13.6 Å². The van der Waals surface area contributed by atoms with Gasteiger partial charge in [0, 0.05) is 5.56 Å². The molecule has 0 spiro atoms. The van der Waals surface area contributed by atoms with Crippen LogP contribution in [0.3, 0.4) is 0 Å². The predicted molar refractivity (Wildman–Crippen MR) is 92.6 cm³/mol. The topological polar surface area (TPSA) is 60.2 Å². The number of hydrogen-bond acceptors (Lipinski definition) is 4. The Morgan fingerprint density at radius 1 is 0.917 bits per heavy atom. The first kappa shape index (κ1) is 16.5. The van der Waals surface area contributed by atoms with Crippen molar-refractivity contribution in [1.29, 1.82) is 0 Å². The van der Waals surface area contributed by atoms with Gasteiger partial charge < -0.3 is 4.52 Å².